The Morgan fingerprint density at radius 2 is 1.58 bits per heavy atom. The van der Waals surface area contributed by atoms with Gasteiger partial charge in [0.25, 0.3) is 0 Å². The van der Waals surface area contributed by atoms with Gasteiger partial charge in [-0.25, -0.2) is 4.39 Å². The van der Waals surface area contributed by atoms with Crippen LogP contribution >= 0.6 is 0 Å². The van der Waals surface area contributed by atoms with Gasteiger partial charge in [0, 0.05) is 0 Å². The van der Waals surface area contributed by atoms with Crippen LogP contribution in [0.5, 0.6) is 0 Å². The van der Waals surface area contributed by atoms with E-state index >= 15 is 0 Å². The van der Waals surface area contributed by atoms with Gasteiger partial charge in [0.2, 0.25) is 0 Å². The Hall–Kier alpha value is -1.63. The first-order chi connectivity index (χ1) is 8.93. The number of benzene rings is 2. The molecule has 0 N–H and O–H groups in total. The van der Waals surface area contributed by atoms with Gasteiger partial charge in [0.1, 0.15) is 5.82 Å². The molecule has 0 aliphatic heterocycles. The van der Waals surface area contributed by atoms with E-state index in [0.717, 1.165) is 28.7 Å². The van der Waals surface area contributed by atoms with E-state index in [-0.39, 0.29) is 11.2 Å². The quantitative estimate of drug-likeness (QED) is 0.679. The third-order valence-electron chi connectivity index (χ3n) is 3.44. The normalized spacial score (nSPS) is 11.6. The number of rotatable bonds is 2. The van der Waals surface area contributed by atoms with E-state index in [1.54, 1.807) is 0 Å². The number of hydrogen-bond donors (Lipinski definition) is 0. The van der Waals surface area contributed by atoms with Crippen LogP contribution < -0.4 is 0 Å². The molecule has 2 aromatic rings. The van der Waals surface area contributed by atoms with Crippen molar-refractivity contribution in [3.8, 4) is 11.1 Å². The fourth-order valence-corrected chi connectivity index (χ4v) is 2.28. The summed E-state index contributed by atoms with van der Waals surface area (Å²) < 4.78 is 14.5. The largest absolute Gasteiger partial charge is 0.206 e. The average Bonchev–Trinajstić information content (AvgIpc) is 2.38. The van der Waals surface area contributed by atoms with Crippen molar-refractivity contribution in [2.45, 2.75) is 39.5 Å². The van der Waals surface area contributed by atoms with Crippen LogP contribution in [0.15, 0.2) is 42.5 Å². The highest BCUT2D eigenvalue weighted by atomic mass is 19.1. The lowest BCUT2D eigenvalue weighted by Gasteiger charge is -2.22. The van der Waals surface area contributed by atoms with Gasteiger partial charge in [0.15, 0.2) is 0 Å². The lowest BCUT2D eigenvalue weighted by molar-refractivity contribution is 0.516. The van der Waals surface area contributed by atoms with Crippen LogP contribution in [0.2, 0.25) is 0 Å². The minimum Gasteiger partial charge on any atom is -0.206 e. The van der Waals surface area contributed by atoms with Crippen molar-refractivity contribution in [3.05, 3.63) is 59.4 Å². The van der Waals surface area contributed by atoms with E-state index in [2.05, 4.69) is 32.9 Å². The van der Waals surface area contributed by atoms with Crippen LogP contribution in [0.1, 0.15) is 38.8 Å². The van der Waals surface area contributed by atoms with Crippen molar-refractivity contribution in [2.24, 2.45) is 0 Å². The third kappa shape index (κ3) is 2.86. The van der Waals surface area contributed by atoms with Crippen molar-refractivity contribution in [1.82, 2.24) is 0 Å². The van der Waals surface area contributed by atoms with Crippen LogP contribution in [-0.2, 0) is 11.8 Å². The number of aryl methyl sites for hydroxylation is 1. The predicted octanol–water partition coefficient (Wildman–Crippen LogP) is 5.35. The molecule has 0 atom stereocenters. The van der Waals surface area contributed by atoms with Crippen molar-refractivity contribution < 1.29 is 4.39 Å². The average molecular weight is 256 g/mol. The molecule has 100 valence electrons. The fourth-order valence-electron chi connectivity index (χ4n) is 2.28. The first-order valence-electron chi connectivity index (χ1n) is 6.82. The molecule has 0 aromatic heterocycles. The first kappa shape index (κ1) is 13.8. The smallest absolute Gasteiger partial charge is 0.130 e. The lowest BCUT2D eigenvalue weighted by atomic mass is 9.83. The second-order valence-corrected chi connectivity index (χ2v) is 5.97. The molecule has 19 heavy (non-hydrogen) atoms. The van der Waals surface area contributed by atoms with Crippen molar-refractivity contribution in [1.29, 1.82) is 0 Å². The molecule has 0 saturated heterocycles. The van der Waals surface area contributed by atoms with E-state index < -0.39 is 0 Å². The Labute approximate surface area is 115 Å². The van der Waals surface area contributed by atoms with E-state index in [1.165, 1.54) is 0 Å². The molecule has 2 rings (SSSR count). The Balaban J connectivity index is 2.65. The Morgan fingerprint density at radius 3 is 2.11 bits per heavy atom. The lowest BCUT2D eigenvalue weighted by Crippen LogP contribution is -2.15. The van der Waals surface area contributed by atoms with E-state index in [1.807, 2.05) is 37.3 Å². The summed E-state index contributed by atoms with van der Waals surface area (Å²) >= 11 is 0. The zero-order valence-corrected chi connectivity index (χ0v) is 12.1. The highest BCUT2D eigenvalue weighted by Crippen LogP contribution is 2.32. The van der Waals surface area contributed by atoms with Gasteiger partial charge in [-0.1, -0.05) is 58.0 Å². The molecule has 0 aliphatic carbocycles. The zero-order valence-electron chi connectivity index (χ0n) is 12.1. The van der Waals surface area contributed by atoms with Crippen molar-refractivity contribution in [3.63, 3.8) is 0 Å². The molecule has 0 radical (unpaired) electrons. The molecule has 0 aliphatic rings. The first-order valence-corrected chi connectivity index (χ1v) is 6.82. The van der Waals surface area contributed by atoms with Crippen LogP contribution in [0.4, 0.5) is 4.39 Å². The van der Waals surface area contributed by atoms with E-state index in [9.17, 15) is 4.39 Å². The van der Waals surface area contributed by atoms with Crippen LogP contribution in [0, 0.1) is 5.82 Å². The van der Waals surface area contributed by atoms with Gasteiger partial charge in [-0.2, -0.15) is 0 Å². The maximum absolute atomic E-state index is 14.5. The summed E-state index contributed by atoms with van der Waals surface area (Å²) in [4.78, 5) is 0. The maximum Gasteiger partial charge on any atom is 0.130 e. The minimum atomic E-state index is -0.182. The summed E-state index contributed by atoms with van der Waals surface area (Å²) in [5, 5.41) is 0. The van der Waals surface area contributed by atoms with Gasteiger partial charge in [-0.05, 0) is 46.2 Å². The molecule has 2 aromatic carbocycles. The molecule has 0 unspecified atom stereocenters. The second kappa shape index (κ2) is 5.16. The Kier molecular flexibility index (Phi) is 3.75. The highest BCUT2D eigenvalue weighted by Gasteiger charge is 2.21. The summed E-state index contributed by atoms with van der Waals surface area (Å²) in [6, 6.07) is 14.1. The van der Waals surface area contributed by atoms with Crippen LogP contribution in [0.25, 0.3) is 11.1 Å². The molecule has 1 heteroatoms. The van der Waals surface area contributed by atoms with E-state index in [4.69, 9.17) is 0 Å². The van der Waals surface area contributed by atoms with Crippen LogP contribution in [0.3, 0.4) is 0 Å². The highest BCUT2D eigenvalue weighted by molar-refractivity contribution is 5.65. The van der Waals surface area contributed by atoms with Gasteiger partial charge in [-0.15, -0.1) is 0 Å². The summed E-state index contributed by atoms with van der Waals surface area (Å²) in [5.41, 5.74) is 3.65. The molecule has 0 nitrogen and oxygen atoms in total. The SMILES string of the molecule is CCc1cc(-c2ccccc2)cc(C(C)(C)C)c1F. The summed E-state index contributed by atoms with van der Waals surface area (Å²) in [6.45, 7) is 8.17. The molecular weight excluding hydrogens is 235 g/mol. The molecular formula is C18H21F. The molecule has 0 saturated carbocycles. The summed E-state index contributed by atoms with van der Waals surface area (Å²) in [5.74, 6) is -0.0466. The summed E-state index contributed by atoms with van der Waals surface area (Å²) in [6.07, 6.45) is 0.718. The van der Waals surface area contributed by atoms with Crippen molar-refractivity contribution in [2.75, 3.05) is 0 Å². The van der Waals surface area contributed by atoms with Crippen molar-refractivity contribution >= 4 is 0 Å². The standard InChI is InChI=1S/C18H21F/c1-5-13-11-15(14-9-7-6-8-10-14)12-16(17(13)19)18(2,3)4/h6-12H,5H2,1-4H3. The topological polar surface area (TPSA) is 0 Å². The molecule has 0 heterocycles. The van der Waals surface area contributed by atoms with Gasteiger partial charge < -0.3 is 0 Å². The zero-order chi connectivity index (χ0) is 14.0. The minimum absolute atomic E-state index is 0.0466. The summed E-state index contributed by atoms with van der Waals surface area (Å²) in [7, 11) is 0. The Morgan fingerprint density at radius 1 is 0.947 bits per heavy atom. The monoisotopic (exact) mass is 256 g/mol. The number of hydrogen-bond acceptors (Lipinski definition) is 0. The van der Waals surface area contributed by atoms with Gasteiger partial charge in [0.05, 0.1) is 0 Å². The number of halogens is 1. The molecule has 0 bridgehead atoms. The third-order valence-corrected chi connectivity index (χ3v) is 3.44. The van der Waals surface area contributed by atoms with E-state index in [0.29, 0.717) is 0 Å². The predicted molar refractivity (Wildman–Crippen MR) is 79.9 cm³/mol. The molecule has 0 amide bonds. The maximum atomic E-state index is 14.5. The van der Waals surface area contributed by atoms with Gasteiger partial charge in [-0.3, -0.25) is 0 Å². The van der Waals surface area contributed by atoms with Gasteiger partial charge >= 0.3 is 0 Å². The second-order valence-electron chi connectivity index (χ2n) is 5.97. The molecule has 0 fully saturated rings. The fraction of sp³-hybridized carbons (Fsp3) is 0.333. The molecule has 0 spiro atoms. The van der Waals surface area contributed by atoms with Crippen LogP contribution in [-0.4, -0.2) is 0 Å². The Bertz CT molecular complexity index is 562.